The smallest absolute Gasteiger partial charge is 0.115 e. The van der Waals surface area contributed by atoms with Crippen LogP contribution in [0.15, 0.2) is 79.0 Å². The molecule has 0 unspecified atom stereocenters. The number of hydrogen-bond acceptors (Lipinski definition) is 1. The molecule has 132 valence electrons. The summed E-state index contributed by atoms with van der Waals surface area (Å²) >= 11 is 0. The first-order chi connectivity index (χ1) is 12.7. The van der Waals surface area contributed by atoms with Gasteiger partial charge in [0.1, 0.15) is 5.75 Å². The van der Waals surface area contributed by atoms with Crippen LogP contribution in [0.1, 0.15) is 36.1 Å². The maximum Gasteiger partial charge on any atom is 0.115 e. The maximum absolute atomic E-state index is 9.27. The molecular formula is C24H25NO. The Kier molecular flexibility index (Phi) is 6.10. The molecule has 0 saturated carbocycles. The third-order valence-corrected chi connectivity index (χ3v) is 4.33. The molecule has 0 spiro atoms. The molecule has 0 fully saturated rings. The van der Waals surface area contributed by atoms with Crippen LogP contribution in [0.25, 0.3) is 17.8 Å². The third-order valence-electron chi connectivity index (χ3n) is 4.33. The Morgan fingerprint density at radius 1 is 0.846 bits per heavy atom. The molecule has 0 aliphatic carbocycles. The molecule has 0 atom stereocenters. The number of unbranched alkanes of at least 4 members (excludes halogenated alkanes) is 2. The first kappa shape index (κ1) is 17.8. The zero-order valence-electron chi connectivity index (χ0n) is 15.2. The number of phenolic OH excluding ortho intramolecular Hbond substituents is 1. The number of hydrogen-bond donors (Lipinski definition) is 1. The van der Waals surface area contributed by atoms with E-state index in [9.17, 15) is 5.11 Å². The topological polar surface area (TPSA) is 25.2 Å². The SMILES string of the molecule is Cc1ccc(-n2cccc2/C=C/CCC/C=C/c2ccc(O)cc2)cc1. The summed E-state index contributed by atoms with van der Waals surface area (Å²) in [6.45, 7) is 2.11. The molecule has 0 amide bonds. The molecule has 0 radical (unpaired) electrons. The summed E-state index contributed by atoms with van der Waals surface area (Å²) in [4.78, 5) is 0. The van der Waals surface area contributed by atoms with Crippen molar-refractivity contribution in [2.24, 2.45) is 0 Å². The Labute approximate surface area is 155 Å². The van der Waals surface area contributed by atoms with Crippen molar-refractivity contribution in [2.75, 3.05) is 0 Å². The number of phenols is 1. The van der Waals surface area contributed by atoms with Gasteiger partial charge in [0.2, 0.25) is 0 Å². The number of benzene rings is 2. The lowest BCUT2D eigenvalue weighted by Gasteiger charge is -2.06. The molecule has 1 heterocycles. The van der Waals surface area contributed by atoms with Gasteiger partial charge in [-0.3, -0.25) is 0 Å². The van der Waals surface area contributed by atoms with Crippen molar-refractivity contribution in [3.63, 3.8) is 0 Å². The first-order valence-corrected chi connectivity index (χ1v) is 9.09. The van der Waals surface area contributed by atoms with Gasteiger partial charge in [-0.2, -0.15) is 0 Å². The largest absolute Gasteiger partial charge is 0.508 e. The number of aryl methyl sites for hydroxylation is 1. The molecule has 1 aromatic heterocycles. The maximum atomic E-state index is 9.27. The van der Waals surface area contributed by atoms with Crippen molar-refractivity contribution in [1.29, 1.82) is 0 Å². The Bertz CT molecular complexity index is 867. The summed E-state index contributed by atoms with van der Waals surface area (Å²) < 4.78 is 2.21. The van der Waals surface area contributed by atoms with Gasteiger partial charge < -0.3 is 9.67 Å². The molecule has 3 aromatic rings. The van der Waals surface area contributed by atoms with Gasteiger partial charge in [0.25, 0.3) is 0 Å². The zero-order valence-corrected chi connectivity index (χ0v) is 15.2. The highest BCUT2D eigenvalue weighted by Gasteiger charge is 1.99. The molecule has 0 aliphatic heterocycles. The number of rotatable bonds is 7. The van der Waals surface area contributed by atoms with Crippen molar-refractivity contribution >= 4 is 12.2 Å². The van der Waals surface area contributed by atoms with Crippen molar-refractivity contribution < 1.29 is 5.11 Å². The van der Waals surface area contributed by atoms with Crippen molar-refractivity contribution in [3.05, 3.63) is 95.8 Å². The Hall–Kier alpha value is -3.00. The van der Waals surface area contributed by atoms with Crippen LogP contribution in [0.5, 0.6) is 5.75 Å². The van der Waals surface area contributed by atoms with E-state index in [-0.39, 0.29) is 0 Å². The quantitative estimate of drug-likeness (QED) is 0.494. The number of allylic oxidation sites excluding steroid dienone is 2. The molecule has 26 heavy (non-hydrogen) atoms. The second-order valence-electron chi connectivity index (χ2n) is 6.47. The van der Waals surface area contributed by atoms with Gasteiger partial charge in [-0.05, 0) is 74.2 Å². The third kappa shape index (κ3) is 5.00. The second-order valence-corrected chi connectivity index (χ2v) is 6.47. The Morgan fingerprint density at radius 2 is 1.54 bits per heavy atom. The minimum Gasteiger partial charge on any atom is -0.508 e. The van der Waals surface area contributed by atoms with Crippen LogP contribution in [0.2, 0.25) is 0 Å². The van der Waals surface area contributed by atoms with E-state index in [0.29, 0.717) is 5.75 Å². The van der Waals surface area contributed by atoms with Crippen molar-refractivity contribution in [2.45, 2.75) is 26.2 Å². The van der Waals surface area contributed by atoms with E-state index in [0.717, 1.165) is 24.8 Å². The van der Waals surface area contributed by atoms with Gasteiger partial charge in [0.15, 0.2) is 0 Å². The lowest BCUT2D eigenvalue weighted by Crippen LogP contribution is -1.94. The molecule has 1 N–H and O–H groups in total. The van der Waals surface area contributed by atoms with Crippen LogP contribution in [0.3, 0.4) is 0 Å². The normalized spacial score (nSPS) is 11.6. The standard InChI is InChI=1S/C24H25NO/c1-20-11-15-23(16-12-20)25-19-7-10-22(25)9-6-4-2-3-5-8-21-13-17-24(26)18-14-21/h5-19,26H,2-4H2,1H3/b8-5+,9-6+. The van der Waals surface area contributed by atoms with Crippen LogP contribution in [0, 0.1) is 6.92 Å². The fourth-order valence-electron chi connectivity index (χ4n) is 2.83. The van der Waals surface area contributed by atoms with E-state index >= 15 is 0 Å². The summed E-state index contributed by atoms with van der Waals surface area (Å²) in [7, 11) is 0. The highest BCUT2D eigenvalue weighted by Crippen LogP contribution is 2.16. The Balaban J connectivity index is 1.48. The molecule has 2 heteroatoms. The van der Waals surface area contributed by atoms with E-state index in [2.05, 4.69) is 78.4 Å². The second kappa shape index (κ2) is 8.91. The number of aromatic nitrogens is 1. The van der Waals surface area contributed by atoms with Crippen LogP contribution in [0.4, 0.5) is 0 Å². The van der Waals surface area contributed by atoms with Crippen LogP contribution in [-0.4, -0.2) is 9.67 Å². The van der Waals surface area contributed by atoms with Crippen LogP contribution >= 0.6 is 0 Å². The molecule has 2 aromatic carbocycles. The minimum atomic E-state index is 0.308. The molecule has 0 bridgehead atoms. The number of aromatic hydroxyl groups is 1. The van der Waals surface area contributed by atoms with Gasteiger partial charge in [-0.15, -0.1) is 0 Å². The van der Waals surface area contributed by atoms with E-state index in [1.165, 1.54) is 16.9 Å². The minimum absolute atomic E-state index is 0.308. The molecule has 0 saturated heterocycles. The fourth-order valence-corrected chi connectivity index (χ4v) is 2.83. The van der Waals surface area contributed by atoms with Gasteiger partial charge in [-0.25, -0.2) is 0 Å². The van der Waals surface area contributed by atoms with Gasteiger partial charge in [-0.1, -0.05) is 48.1 Å². The highest BCUT2D eigenvalue weighted by molar-refractivity contribution is 5.51. The zero-order chi connectivity index (χ0) is 18.2. The lowest BCUT2D eigenvalue weighted by molar-refractivity contribution is 0.475. The summed E-state index contributed by atoms with van der Waals surface area (Å²) in [6.07, 6.45) is 14.1. The predicted octanol–water partition coefficient (Wildman–Crippen LogP) is 6.39. The van der Waals surface area contributed by atoms with Crippen molar-refractivity contribution in [3.8, 4) is 11.4 Å². The molecule has 0 aliphatic rings. The van der Waals surface area contributed by atoms with E-state index in [1.807, 2.05) is 12.1 Å². The van der Waals surface area contributed by atoms with Gasteiger partial charge in [0, 0.05) is 17.6 Å². The van der Waals surface area contributed by atoms with Gasteiger partial charge in [0.05, 0.1) is 0 Å². The monoisotopic (exact) mass is 343 g/mol. The van der Waals surface area contributed by atoms with Gasteiger partial charge >= 0.3 is 0 Å². The molecule has 3 rings (SSSR count). The van der Waals surface area contributed by atoms with E-state index in [4.69, 9.17) is 0 Å². The summed E-state index contributed by atoms with van der Waals surface area (Å²) in [5, 5.41) is 9.27. The van der Waals surface area contributed by atoms with Crippen molar-refractivity contribution in [1.82, 2.24) is 4.57 Å². The summed E-state index contributed by atoms with van der Waals surface area (Å²) in [6, 6.07) is 20.1. The van der Waals surface area contributed by atoms with Crippen LogP contribution < -0.4 is 0 Å². The first-order valence-electron chi connectivity index (χ1n) is 9.09. The van der Waals surface area contributed by atoms with E-state index < -0.39 is 0 Å². The molecular weight excluding hydrogens is 318 g/mol. The average molecular weight is 343 g/mol. The lowest BCUT2D eigenvalue weighted by atomic mass is 10.1. The Morgan fingerprint density at radius 3 is 2.27 bits per heavy atom. The van der Waals surface area contributed by atoms with Crippen LogP contribution in [-0.2, 0) is 0 Å². The van der Waals surface area contributed by atoms with E-state index in [1.54, 1.807) is 12.1 Å². The fraction of sp³-hybridized carbons (Fsp3) is 0.167. The summed E-state index contributed by atoms with van der Waals surface area (Å²) in [5.41, 5.74) is 4.79. The predicted molar refractivity (Wildman–Crippen MR) is 111 cm³/mol. The number of nitrogens with zero attached hydrogens (tertiary/aromatic N) is 1. The molecule has 2 nitrogen and oxygen atoms in total. The summed E-state index contributed by atoms with van der Waals surface area (Å²) in [5.74, 6) is 0.308. The highest BCUT2D eigenvalue weighted by atomic mass is 16.3. The average Bonchev–Trinajstić information content (AvgIpc) is 3.11.